The molecule has 32 heavy (non-hydrogen) atoms. The van der Waals surface area contributed by atoms with Crippen LogP contribution in [0.15, 0.2) is 48.5 Å². The quantitative estimate of drug-likeness (QED) is 0.611. The van der Waals surface area contributed by atoms with Crippen LogP contribution < -0.4 is 11.1 Å². The molecule has 0 radical (unpaired) electrons. The highest BCUT2D eigenvalue weighted by atomic mass is 19.1. The lowest BCUT2D eigenvalue weighted by molar-refractivity contribution is -0.123. The monoisotopic (exact) mass is 433 g/mol. The molecule has 3 aromatic rings. The minimum atomic E-state index is -1.02. The molecule has 3 N–H and O–H groups in total. The largest absolute Gasteiger partial charge is 0.452 e. The average Bonchev–Trinajstić information content (AvgIpc) is 2.77. The summed E-state index contributed by atoms with van der Waals surface area (Å²) in [5, 5.41) is 2.48. The molecule has 0 fully saturated rings. The van der Waals surface area contributed by atoms with Gasteiger partial charge in [-0.25, -0.2) is 19.0 Å². The number of amides is 3. The summed E-state index contributed by atoms with van der Waals surface area (Å²) in [6.45, 7) is -0.633. The van der Waals surface area contributed by atoms with Gasteiger partial charge >= 0.3 is 12.0 Å². The van der Waals surface area contributed by atoms with Crippen molar-refractivity contribution < 1.29 is 23.5 Å². The molecule has 0 bridgehead atoms. The molecule has 1 aliphatic rings. The summed E-state index contributed by atoms with van der Waals surface area (Å²) >= 11 is 0. The van der Waals surface area contributed by atoms with Gasteiger partial charge in [-0.05, 0) is 60.2 Å². The highest BCUT2D eigenvalue weighted by molar-refractivity contribution is 6.07. The third-order valence-electron chi connectivity index (χ3n) is 5.18. The van der Waals surface area contributed by atoms with Crippen LogP contribution in [-0.4, -0.2) is 29.5 Å². The number of nitrogens with two attached hydrogens (primary N) is 1. The van der Waals surface area contributed by atoms with E-state index in [9.17, 15) is 18.8 Å². The van der Waals surface area contributed by atoms with Gasteiger partial charge in [0, 0.05) is 5.39 Å². The number of benzene rings is 2. The van der Waals surface area contributed by atoms with Crippen LogP contribution in [0.4, 0.5) is 9.18 Å². The smallest absolute Gasteiger partial charge is 0.339 e. The topological polar surface area (TPSA) is 111 Å². The van der Waals surface area contributed by atoms with Gasteiger partial charge in [-0.15, -0.1) is 0 Å². The molecule has 0 saturated carbocycles. The lowest BCUT2D eigenvalue weighted by Crippen LogP contribution is -2.37. The summed E-state index contributed by atoms with van der Waals surface area (Å²) in [5.74, 6) is -1.80. The molecular weight excluding hydrogens is 413 g/mol. The summed E-state index contributed by atoms with van der Waals surface area (Å²) in [4.78, 5) is 40.3. The Kier molecular flexibility index (Phi) is 5.93. The van der Waals surface area contributed by atoms with Gasteiger partial charge in [0.2, 0.25) is 0 Å². The minimum Gasteiger partial charge on any atom is -0.452 e. The number of para-hydroxylation sites is 1. The zero-order chi connectivity index (χ0) is 22.7. The first-order chi connectivity index (χ1) is 15.4. The molecule has 0 atom stereocenters. The summed E-state index contributed by atoms with van der Waals surface area (Å²) in [5.41, 5.74) is 9.07. The molecule has 2 aromatic carbocycles. The van der Waals surface area contributed by atoms with Crippen molar-refractivity contribution >= 4 is 40.5 Å². The molecule has 0 saturated heterocycles. The number of allylic oxidation sites excluding steroid dienone is 1. The fraction of sp³-hybridized carbons (Fsp3) is 0.167. The second kappa shape index (κ2) is 8.97. The maximum absolute atomic E-state index is 13.3. The SMILES string of the molecule is NC(=O)NC(=O)COC(=O)c1c2c(nc3ccccc13)/C(=C/c1ccc(F)cc1)CCC2. The van der Waals surface area contributed by atoms with Crippen molar-refractivity contribution in [3.63, 3.8) is 0 Å². The number of carbonyl (C=O) groups excluding carboxylic acids is 3. The van der Waals surface area contributed by atoms with Gasteiger partial charge in [0.15, 0.2) is 6.61 Å². The molecule has 1 heterocycles. The first-order valence-corrected chi connectivity index (χ1v) is 10.1. The van der Waals surface area contributed by atoms with E-state index in [2.05, 4.69) is 0 Å². The number of ether oxygens (including phenoxy) is 1. The lowest BCUT2D eigenvalue weighted by Gasteiger charge is -2.22. The van der Waals surface area contributed by atoms with Crippen molar-refractivity contribution in [2.75, 3.05) is 6.61 Å². The number of nitrogens with zero attached hydrogens (tertiary/aromatic N) is 1. The van der Waals surface area contributed by atoms with E-state index in [1.54, 1.807) is 30.3 Å². The number of rotatable bonds is 4. The Balaban J connectivity index is 1.76. The van der Waals surface area contributed by atoms with Crippen LogP contribution in [0.25, 0.3) is 22.6 Å². The molecule has 1 aromatic heterocycles. The van der Waals surface area contributed by atoms with Crippen LogP contribution in [0, 0.1) is 5.82 Å². The van der Waals surface area contributed by atoms with Crippen molar-refractivity contribution in [3.8, 4) is 0 Å². The summed E-state index contributed by atoms with van der Waals surface area (Å²) in [6, 6.07) is 12.3. The van der Waals surface area contributed by atoms with Crippen molar-refractivity contribution in [2.45, 2.75) is 19.3 Å². The molecule has 0 unspecified atom stereocenters. The molecule has 0 aliphatic heterocycles. The normalized spacial score (nSPS) is 14.1. The summed E-state index contributed by atoms with van der Waals surface area (Å²) < 4.78 is 18.5. The van der Waals surface area contributed by atoms with Gasteiger partial charge in [0.1, 0.15) is 5.82 Å². The third-order valence-corrected chi connectivity index (χ3v) is 5.18. The standard InChI is InChI=1S/C24H20FN3O4/c25-16-10-8-14(9-11-16)12-15-4-3-6-18-21(23(30)32-13-20(29)28-24(26)31)17-5-1-2-7-19(17)27-22(15)18/h1-2,5,7-12H,3-4,6,13H2,(H3,26,28,29,31)/b15-12+. The fourth-order valence-electron chi connectivity index (χ4n) is 3.85. The minimum absolute atomic E-state index is 0.314. The number of pyridine rings is 1. The number of imide groups is 1. The predicted octanol–water partition coefficient (Wildman–Crippen LogP) is 3.60. The van der Waals surface area contributed by atoms with E-state index >= 15 is 0 Å². The van der Waals surface area contributed by atoms with E-state index in [1.165, 1.54) is 12.1 Å². The molecule has 1 aliphatic carbocycles. The van der Waals surface area contributed by atoms with E-state index in [-0.39, 0.29) is 5.82 Å². The molecule has 0 spiro atoms. The van der Waals surface area contributed by atoms with Gasteiger partial charge < -0.3 is 10.5 Å². The molecule has 7 nitrogen and oxygen atoms in total. The Labute approximate surface area is 183 Å². The maximum atomic E-state index is 13.3. The van der Waals surface area contributed by atoms with Crippen LogP contribution in [0.3, 0.4) is 0 Å². The molecule has 4 rings (SSSR count). The molecular formula is C24H20FN3O4. The summed E-state index contributed by atoms with van der Waals surface area (Å²) in [7, 11) is 0. The van der Waals surface area contributed by atoms with Crippen molar-refractivity contribution in [1.29, 1.82) is 0 Å². The Morgan fingerprint density at radius 2 is 1.84 bits per heavy atom. The highest BCUT2D eigenvalue weighted by Gasteiger charge is 2.26. The van der Waals surface area contributed by atoms with Crippen molar-refractivity contribution in [2.24, 2.45) is 5.73 Å². The maximum Gasteiger partial charge on any atom is 0.339 e. The number of halogens is 1. The van der Waals surface area contributed by atoms with Crippen LogP contribution in [-0.2, 0) is 16.0 Å². The van der Waals surface area contributed by atoms with Gasteiger partial charge in [-0.3, -0.25) is 10.1 Å². The Hall–Kier alpha value is -4.07. The summed E-state index contributed by atoms with van der Waals surface area (Å²) in [6.07, 6.45) is 4.11. The van der Waals surface area contributed by atoms with E-state index in [1.807, 2.05) is 17.5 Å². The zero-order valence-corrected chi connectivity index (χ0v) is 17.1. The van der Waals surface area contributed by atoms with Crippen molar-refractivity contribution in [3.05, 3.63) is 76.7 Å². The number of fused-ring (bicyclic) bond motifs is 2. The highest BCUT2D eigenvalue weighted by Crippen LogP contribution is 2.36. The van der Waals surface area contributed by atoms with Gasteiger partial charge in [0.25, 0.3) is 5.91 Å². The van der Waals surface area contributed by atoms with Crippen molar-refractivity contribution in [1.82, 2.24) is 10.3 Å². The first kappa shape index (κ1) is 21.2. The molecule has 162 valence electrons. The Morgan fingerprint density at radius 1 is 1.09 bits per heavy atom. The number of aromatic nitrogens is 1. The van der Waals surface area contributed by atoms with Gasteiger partial charge in [-0.2, -0.15) is 0 Å². The number of hydrogen-bond acceptors (Lipinski definition) is 5. The Morgan fingerprint density at radius 3 is 2.59 bits per heavy atom. The van der Waals surface area contributed by atoms with E-state index in [0.29, 0.717) is 28.6 Å². The van der Waals surface area contributed by atoms with E-state index < -0.39 is 24.5 Å². The van der Waals surface area contributed by atoms with Crippen LogP contribution in [0.1, 0.15) is 40.0 Å². The zero-order valence-electron chi connectivity index (χ0n) is 17.1. The third kappa shape index (κ3) is 4.49. The predicted molar refractivity (Wildman–Crippen MR) is 117 cm³/mol. The number of carbonyl (C=O) groups is 3. The number of esters is 1. The van der Waals surface area contributed by atoms with Crippen LogP contribution in [0.5, 0.6) is 0 Å². The Bertz CT molecular complexity index is 1250. The van der Waals surface area contributed by atoms with Gasteiger partial charge in [0.05, 0.1) is 16.8 Å². The van der Waals surface area contributed by atoms with E-state index in [4.69, 9.17) is 15.5 Å². The number of urea groups is 1. The number of hydrogen-bond donors (Lipinski definition) is 2. The second-order valence-corrected chi connectivity index (χ2v) is 7.39. The fourth-order valence-corrected chi connectivity index (χ4v) is 3.85. The number of nitrogens with one attached hydrogen (secondary N) is 1. The first-order valence-electron chi connectivity index (χ1n) is 10.1. The molecule has 8 heteroatoms. The van der Waals surface area contributed by atoms with Gasteiger partial charge in [-0.1, -0.05) is 30.3 Å². The average molecular weight is 433 g/mol. The van der Waals surface area contributed by atoms with E-state index in [0.717, 1.165) is 29.5 Å². The number of primary amides is 1. The van der Waals surface area contributed by atoms with Crippen LogP contribution >= 0.6 is 0 Å². The lowest BCUT2D eigenvalue weighted by atomic mass is 9.86. The second-order valence-electron chi connectivity index (χ2n) is 7.39. The molecule has 3 amide bonds. The van der Waals surface area contributed by atoms with Crippen LogP contribution in [0.2, 0.25) is 0 Å².